The maximum Gasteiger partial charge on any atom is 0.252 e. The molecular formula is C18H28N4O3. The van der Waals surface area contributed by atoms with Crippen LogP contribution >= 0.6 is 0 Å². The molecule has 1 saturated carbocycles. The summed E-state index contributed by atoms with van der Waals surface area (Å²) in [4.78, 5) is 26.5. The van der Waals surface area contributed by atoms with Crippen molar-refractivity contribution in [1.82, 2.24) is 14.7 Å². The number of carbonyl (C=O) groups is 2. The molecule has 7 nitrogen and oxygen atoms in total. The number of hydrogen-bond donors (Lipinski definition) is 1. The molecule has 1 saturated heterocycles. The van der Waals surface area contributed by atoms with Crippen LogP contribution in [0.4, 0.5) is 5.69 Å². The van der Waals surface area contributed by atoms with Crippen LogP contribution in [0.15, 0.2) is 6.20 Å². The zero-order valence-corrected chi connectivity index (χ0v) is 15.2. The minimum Gasteiger partial charge on any atom is -0.372 e. The van der Waals surface area contributed by atoms with Gasteiger partial charge in [-0.25, -0.2) is 0 Å². The van der Waals surface area contributed by atoms with E-state index in [1.807, 2.05) is 11.6 Å². The number of amides is 2. The molecule has 1 aliphatic carbocycles. The predicted molar refractivity (Wildman–Crippen MR) is 94.3 cm³/mol. The smallest absolute Gasteiger partial charge is 0.252 e. The van der Waals surface area contributed by atoms with E-state index in [4.69, 9.17) is 4.74 Å². The highest BCUT2D eigenvalue weighted by molar-refractivity contribution is 5.95. The van der Waals surface area contributed by atoms with Crippen molar-refractivity contribution >= 4 is 17.5 Å². The predicted octanol–water partition coefficient (Wildman–Crippen LogP) is 2.27. The van der Waals surface area contributed by atoms with Gasteiger partial charge in [0.1, 0.15) is 6.10 Å². The van der Waals surface area contributed by atoms with Crippen molar-refractivity contribution in [3.8, 4) is 0 Å². The quantitative estimate of drug-likeness (QED) is 0.886. The van der Waals surface area contributed by atoms with Crippen molar-refractivity contribution in [3.63, 3.8) is 0 Å². The van der Waals surface area contributed by atoms with Gasteiger partial charge in [-0.1, -0.05) is 12.8 Å². The summed E-state index contributed by atoms with van der Waals surface area (Å²) in [5.74, 6) is -0.271. The first-order valence-electron chi connectivity index (χ1n) is 9.25. The molecule has 0 radical (unpaired) electrons. The number of carbonyl (C=O) groups excluding carboxylic acids is 2. The minimum absolute atomic E-state index is 0.0622. The number of nitrogens with one attached hydrogen (secondary N) is 1. The van der Waals surface area contributed by atoms with Crippen molar-refractivity contribution in [1.29, 1.82) is 0 Å². The Hall–Kier alpha value is -1.89. The number of anilines is 1. The van der Waals surface area contributed by atoms with Crippen LogP contribution in [0.25, 0.3) is 0 Å². The molecule has 0 aromatic carbocycles. The Kier molecular flexibility index (Phi) is 5.73. The topological polar surface area (TPSA) is 76.5 Å². The SMILES string of the molecule is COC1CCCCN(CC(=O)Nc2cnn(C3CCCC3)c2C)C1=O. The highest BCUT2D eigenvalue weighted by Gasteiger charge is 2.28. The number of methoxy groups -OCH3 is 1. The molecule has 25 heavy (non-hydrogen) atoms. The Morgan fingerprint density at radius 1 is 1.28 bits per heavy atom. The van der Waals surface area contributed by atoms with Crippen molar-refractivity contribution in [2.24, 2.45) is 0 Å². The van der Waals surface area contributed by atoms with E-state index in [9.17, 15) is 9.59 Å². The molecule has 2 fully saturated rings. The molecule has 2 aliphatic rings. The minimum atomic E-state index is -0.429. The molecule has 3 rings (SSSR count). The molecule has 1 N–H and O–H groups in total. The van der Waals surface area contributed by atoms with E-state index in [0.717, 1.165) is 43.5 Å². The van der Waals surface area contributed by atoms with Crippen molar-refractivity contribution < 1.29 is 14.3 Å². The maximum absolute atomic E-state index is 12.4. The zero-order valence-electron chi connectivity index (χ0n) is 15.2. The first kappa shape index (κ1) is 17.9. The first-order chi connectivity index (χ1) is 12.1. The molecule has 1 unspecified atom stereocenters. The third-order valence-electron chi connectivity index (χ3n) is 5.34. The van der Waals surface area contributed by atoms with Gasteiger partial charge in [0.25, 0.3) is 5.91 Å². The van der Waals surface area contributed by atoms with E-state index in [1.165, 1.54) is 12.8 Å². The number of ether oxygens (including phenoxy) is 1. The fourth-order valence-corrected chi connectivity index (χ4v) is 3.87. The zero-order chi connectivity index (χ0) is 17.8. The second kappa shape index (κ2) is 7.99. The molecule has 2 amide bonds. The third-order valence-corrected chi connectivity index (χ3v) is 5.34. The van der Waals surface area contributed by atoms with Crippen LogP contribution in [0, 0.1) is 6.92 Å². The Bertz CT molecular complexity index is 622. The molecular weight excluding hydrogens is 320 g/mol. The maximum atomic E-state index is 12.4. The summed E-state index contributed by atoms with van der Waals surface area (Å²) < 4.78 is 7.29. The molecule has 2 heterocycles. The summed E-state index contributed by atoms with van der Waals surface area (Å²) in [5.41, 5.74) is 1.72. The first-order valence-corrected chi connectivity index (χ1v) is 9.25. The van der Waals surface area contributed by atoms with Gasteiger partial charge >= 0.3 is 0 Å². The molecule has 138 valence electrons. The Labute approximate surface area is 148 Å². The number of rotatable bonds is 5. The van der Waals surface area contributed by atoms with E-state index in [1.54, 1.807) is 18.2 Å². The largest absolute Gasteiger partial charge is 0.372 e. The Balaban J connectivity index is 1.61. The molecule has 1 aromatic rings. The summed E-state index contributed by atoms with van der Waals surface area (Å²) in [6.45, 7) is 2.65. The molecule has 1 atom stereocenters. The standard InChI is InChI=1S/C18H28N4O3/c1-13-15(11-19-22(13)14-7-3-4-8-14)20-17(23)12-21-10-6-5-9-16(25-2)18(21)24/h11,14,16H,3-10,12H2,1-2H3,(H,20,23). The third kappa shape index (κ3) is 4.03. The van der Waals surface area contributed by atoms with Crippen LogP contribution < -0.4 is 5.32 Å². The molecule has 7 heteroatoms. The number of hydrogen-bond acceptors (Lipinski definition) is 4. The Morgan fingerprint density at radius 3 is 2.72 bits per heavy atom. The average Bonchev–Trinajstić information content (AvgIpc) is 3.20. The monoisotopic (exact) mass is 348 g/mol. The lowest BCUT2D eigenvalue weighted by Gasteiger charge is -2.23. The fraction of sp³-hybridized carbons (Fsp3) is 0.722. The summed E-state index contributed by atoms with van der Waals surface area (Å²) in [5, 5.41) is 7.37. The van der Waals surface area contributed by atoms with E-state index in [-0.39, 0.29) is 18.4 Å². The number of likely N-dealkylation sites (tertiary alicyclic amines) is 1. The highest BCUT2D eigenvalue weighted by atomic mass is 16.5. The van der Waals surface area contributed by atoms with Gasteiger partial charge in [0.2, 0.25) is 5.91 Å². The van der Waals surface area contributed by atoms with Crippen molar-refractivity contribution in [2.45, 2.75) is 64.0 Å². The van der Waals surface area contributed by atoms with Crippen LogP contribution in [0.3, 0.4) is 0 Å². The molecule has 0 spiro atoms. The van der Waals surface area contributed by atoms with Crippen LogP contribution in [0.1, 0.15) is 56.7 Å². The van der Waals surface area contributed by atoms with Gasteiger partial charge in [0.15, 0.2) is 0 Å². The lowest BCUT2D eigenvalue weighted by molar-refractivity contribution is -0.143. The van der Waals surface area contributed by atoms with E-state index < -0.39 is 6.10 Å². The number of nitrogens with zero attached hydrogens (tertiary/aromatic N) is 3. The lowest BCUT2D eigenvalue weighted by Crippen LogP contribution is -2.43. The van der Waals surface area contributed by atoms with Gasteiger partial charge in [-0.15, -0.1) is 0 Å². The summed E-state index contributed by atoms with van der Waals surface area (Å²) >= 11 is 0. The van der Waals surface area contributed by atoms with Crippen LogP contribution in [-0.4, -0.2) is 52.8 Å². The summed E-state index contributed by atoms with van der Waals surface area (Å²) in [6.07, 6.45) is 8.63. The normalized spacial score (nSPS) is 22.2. The molecule has 1 aromatic heterocycles. The highest BCUT2D eigenvalue weighted by Crippen LogP contribution is 2.31. The van der Waals surface area contributed by atoms with Gasteiger partial charge in [-0.3, -0.25) is 14.3 Å². The van der Waals surface area contributed by atoms with Gasteiger partial charge < -0.3 is 15.0 Å². The Morgan fingerprint density at radius 2 is 2.00 bits per heavy atom. The van der Waals surface area contributed by atoms with Gasteiger partial charge in [-0.2, -0.15) is 5.10 Å². The average molecular weight is 348 g/mol. The van der Waals surface area contributed by atoms with Crippen LogP contribution in [-0.2, 0) is 14.3 Å². The second-order valence-corrected chi connectivity index (χ2v) is 7.05. The van der Waals surface area contributed by atoms with Gasteiger partial charge in [0, 0.05) is 13.7 Å². The van der Waals surface area contributed by atoms with Crippen molar-refractivity contribution in [3.05, 3.63) is 11.9 Å². The van der Waals surface area contributed by atoms with E-state index >= 15 is 0 Å². The van der Waals surface area contributed by atoms with Crippen molar-refractivity contribution in [2.75, 3.05) is 25.5 Å². The van der Waals surface area contributed by atoms with E-state index in [2.05, 4.69) is 10.4 Å². The van der Waals surface area contributed by atoms with Gasteiger partial charge in [0.05, 0.1) is 30.2 Å². The fourth-order valence-electron chi connectivity index (χ4n) is 3.87. The lowest BCUT2D eigenvalue weighted by atomic mass is 10.2. The summed E-state index contributed by atoms with van der Waals surface area (Å²) in [7, 11) is 1.55. The van der Waals surface area contributed by atoms with E-state index in [0.29, 0.717) is 12.6 Å². The number of aromatic nitrogens is 2. The molecule has 0 bridgehead atoms. The molecule has 1 aliphatic heterocycles. The van der Waals surface area contributed by atoms with Crippen LogP contribution in [0.2, 0.25) is 0 Å². The van der Waals surface area contributed by atoms with Crippen LogP contribution in [0.5, 0.6) is 0 Å². The second-order valence-electron chi connectivity index (χ2n) is 7.05. The summed E-state index contributed by atoms with van der Waals surface area (Å²) in [6, 6.07) is 0.445. The van der Waals surface area contributed by atoms with Gasteiger partial charge in [-0.05, 0) is 39.0 Å².